The number of amides is 7. The maximum Gasteiger partial charge on any atom is -0.358 e. The average molecular weight is 2320 g/mol. The topological polar surface area (TPSA) is 628 Å². The number of hydrogen-bond donors (Lipinski definition) is 11. The molecule has 1 aliphatic heterocycles. The minimum Gasteiger partial charge on any atom is -0.358 e. The molecule has 14 N–H and O–H groups in total. The van der Waals surface area contributed by atoms with Crippen molar-refractivity contribution in [3.63, 3.8) is 0 Å². The Morgan fingerprint density at radius 3 is 0.952 bits per heavy atom. The normalized spacial score (nSPS) is 11.1. The molecule has 3 aromatic heterocycles. The molecule has 0 saturated carbocycles. The number of rotatable bonds is 35. The minimum absolute atomic E-state index is 0. The molecule has 0 saturated heterocycles. The number of oxime groups is 3. The SMILES string of the molecule is C.C/C(=N\OCCC[N+](C)(C)C)c1ccc(-n2c(=O)[nH][nH]c2=O)cc1.C/C(=N\OCCC[N+](C)(C)C)c1ccc(-n2c(=O)[nH][nH]c2=O)cc1.C/C(=N\OCCC[N+](C)(C)C)c1ccc(N2C(=O)N=NC2=O)cc1.CC(=O)[O-].CC(=O)c1ccc(-n2c(=O)[nH][nH]c2=O)cc1.CC(=O)c1ccc(N=C=O)cc1.CCOC(=O)CNC(=O)Nc1ccc(C(C)=O)cc1.CCOC(=O)NN.C[N+](C)(C)CCCO[NH3+].[Br-].[Br-].[Br][Ag].[CH3-]. The number of aliphatic imine (C=N–C) groups is 1. The van der Waals surface area contributed by atoms with E-state index in [1.54, 1.807) is 165 Å². The number of aliphatic carboxylic acids is 1. The van der Waals surface area contributed by atoms with Crippen molar-refractivity contribution in [2.45, 2.75) is 95.4 Å². The molecule has 0 aliphatic carbocycles. The Bertz CT molecular complexity index is 5710. The van der Waals surface area contributed by atoms with E-state index in [-0.39, 0.29) is 79.3 Å². The molecule has 52 heteroatoms. The molecule has 0 atom stereocenters. The van der Waals surface area contributed by atoms with Gasteiger partial charge in [-0.3, -0.25) is 24.6 Å². The van der Waals surface area contributed by atoms with Crippen LogP contribution in [0.2, 0.25) is 0 Å². The van der Waals surface area contributed by atoms with E-state index >= 15 is 0 Å². The predicted molar refractivity (Wildman–Crippen MR) is 540 cm³/mol. The summed E-state index contributed by atoms with van der Waals surface area (Å²) in [5.41, 5.74) is 8.06. The number of nitrogens with zero attached hydrogens (tertiary/aromatic N) is 14. The van der Waals surface area contributed by atoms with Gasteiger partial charge in [0.1, 0.15) is 33.0 Å². The van der Waals surface area contributed by atoms with E-state index in [1.165, 1.54) is 26.9 Å². The number of nitrogens with one attached hydrogen (secondary N) is 9. The number of imide groups is 1. The average Bonchev–Trinajstić information content (AvgIpc) is 1.70. The number of H-pyrrole nitrogens is 6. The second-order valence-electron chi connectivity index (χ2n) is 33.7. The number of anilines is 2. The first-order valence-electron chi connectivity index (χ1n) is 43.2. The van der Waals surface area contributed by atoms with Crippen LogP contribution in [0.1, 0.15) is 143 Å². The van der Waals surface area contributed by atoms with Crippen molar-refractivity contribution < 1.29 is 159 Å². The molecule has 145 heavy (non-hydrogen) atoms. The van der Waals surface area contributed by atoms with Crippen LogP contribution >= 0.6 is 13.0 Å². The second-order valence-corrected chi connectivity index (χ2v) is 33.7. The standard InChI is InChI=1S/2C16H23N5O3.C16H22N5O3.C13H16N2O4.C10H9N3O3.C9H7NO2.C6H18N2O.C3H8N2O2.C2H4O2.CH4.CH3.Ag.3BrH/c3*1-12(19-24-11-5-10-21(2,3)4)13-6-8-14(9-7-13)20-15(22)17-18-16(20)23;1-3-19-12(17)8-14-13(18)15-11-6-4-10(5-7-11)9(2)16;1-6(14)7-2-4-8(5-3-7)13-9(15)11-12-10(13)16;1-7(12)8-2-4-9(5-3-8)10-6-11;1-8(2,3)5-4-6-9-7;1-2-7-3(6)5-4;1-2(3)4;;;;;;/h2*6-9H,5,10-11H2,1-4H3,(H-,17,18,22,23);6-9H,5,10-11H2,1-4H3;4-7H,3,8H2,1-2H3,(H2,14,15,18);2-5H,1H3,(H,11,15)(H,12,16);2-5H,1H3;4-6H2,1-3,7H3;2,4H2,1H3,(H,5,6);1H3,(H,3,4);1H4;1H3;;3*1H/q;;+1;;;;+2;;;;-1;+1;;;/p-2/b3*19-12+;;;;;;;;;;;;. The summed E-state index contributed by atoms with van der Waals surface area (Å²) in [6.45, 7) is 21.4. The molecular weight excluding hydrogens is 2180 g/mol. The van der Waals surface area contributed by atoms with Crippen LogP contribution in [0.5, 0.6) is 0 Å². The number of azo groups is 1. The smallest absolute Gasteiger partial charge is 0.358 e. The summed E-state index contributed by atoms with van der Waals surface area (Å²) in [6.07, 6.45) is 4.70. The van der Waals surface area contributed by atoms with E-state index in [0.29, 0.717) is 77.2 Å². The van der Waals surface area contributed by atoms with Crippen molar-refractivity contribution in [2.75, 3.05) is 167 Å². The van der Waals surface area contributed by atoms with Crippen LogP contribution in [0.15, 0.2) is 205 Å². The molecule has 48 nitrogen and oxygen atoms in total. The summed E-state index contributed by atoms with van der Waals surface area (Å²) in [5, 5.41) is 45.9. The number of Topliss-reactive ketones (excluding diaryl/α,β-unsaturated/α-hetero) is 3. The predicted octanol–water partition coefficient (Wildman–Crippen LogP) is 1.46. The Labute approximate surface area is 880 Å². The molecular formula is C93H138AgBr3N25O23+. The number of carboxylic acid groups (broad SMARTS) is 1. The zero-order valence-electron chi connectivity index (χ0n) is 84.8. The molecule has 0 bridgehead atoms. The summed E-state index contributed by atoms with van der Waals surface area (Å²) in [6, 6.07) is 38.0. The van der Waals surface area contributed by atoms with Crippen LogP contribution < -0.4 is 106 Å². The quantitative estimate of drug-likeness (QED) is 0.00229. The monoisotopic (exact) mass is 2320 g/mol. The van der Waals surface area contributed by atoms with Gasteiger partial charge >= 0.3 is 96.3 Å². The van der Waals surface area contributed by atoms with Crippen molar-refractivity contribution in [3.05, 3.63) is 249 Å². The van der Waals surface area contributed by atoms with Crippen molar-refractivity contribution in [1.29, 1.82) is 0 Å². The molecule has 4 heterocycles. The van der Waals surface area contributed by atoms with E-state index < -0.39 is 70.3 Å². The molecule has 9 aromatic rings. The third kappa shape index (κ3) is 58.7. The van der Waals surface area contributed by atoms with Gasteiger partial charge in [-0.25, -0.2) is 119 Å². The van der Waals surface area contributed by atoms with Gasteiger partial charge in [-0.2, -0.15) is 4.99 Å². The van der Waals surface area contributed by atoms with Crippen molar-refractivity contribution in [2.24, 2.45) is 36.5 Å². The maximum absolute atomic E-state index is 11.6. The molecule has 10 rings (SSSR count). The zero-order valence-corrected chi connectivity index (χ0v) is 91.1. The number of quaternary nitrogens is 5. The summed E-state index contributed by atoms with van der Waals surface area (Å²) < 4.78 is 15.7. The van der Waals surface area contributed by atoms with Crippen molar-refractivity contribution in [3.8, 4) is 17.1 Å². The molecule has 1 aliphatic rings. The van der Waals surface area contributed by atoms with E-state index in [1.807, 2.05) is 20.8 Å². The van der Waals surface area contributed by atoms with E-state index in [9.17, 15) is 71.9 Å². The fraction of sp³-hybridized carbons (Fsp3) is 0.398. The number of isocyanates is 1. The van der Waals surface area contributed by atoms with Gasteiger partial charge in [-0.1, -0.05) is 69.5 Å². The number of carboxylic acids is 1. The fourth-order valence-corrected chi connectivity index (χ4v) is 10.9. The fourth-order valence-electron chi connectivity index (χ4n) is 10.9. The molecule has 804 valence electrons. The number of benzene rings is 6. The number of carbonyl (C=O) groups excluding carboxylic acids is 10. The van der Waals surface area contributed by atoms with Crippen LogP contribution in [0, 0.1) is 7.43 Å². The second kappa shape index (κ2) is 72.7. The Hall–Kier alpha value is -13.5. The third-order valence-corrected chi connectivity index (χ3v) is 17.8. The van der Waals surface area contributed by atoms with Gasteiger partial charge in [0.2, 0.25) is 6.08 Å². The molecule has 0 radical (unpaired) electrons. The number of urea groups is 3. The summed E-state index contributed by atoms with van der Waals surface area (Å²) in [5.74, 6) is 6.24. The maximum atomic E-state index is 11.6. The number of carbonyl (C=O) groups is 9. The Kier molecular flexibility index (Phi) is 69.0. The molecule has 0 unspecified atom stereocenters. The number of ketones is 3. The third-order valence-electron chi connectivity index (χ3n) is 17.8. The summed E-state index contributed by atoms with van der Waals surface area (Å²) in [4.78, 5) is 201. The van der Waals surface area contributed by atoms with E-state index in [0.717, 1.165) is 136 Å². The van der Waals surface area contributed by atoms with Gasteiger partial charge in [0.05, 0.1) is 170 Å². The van der Waals surface area contributed by atoms with Gasteiger partial charge < -0.3 is 104 Å². The molecule has 0 spiro atoms. The number of esters is 1. The van der Waals surface area contributed by atoms with Gasteiger partial charge in [-0.15, -0.1) is 0 Å². The molecule has 6 aromatic carbocycles. The zero-order chi connectivity index (χ0) is 107. The van der Waals surface area contributed by atoms with Gasteiger partial charge in [0.25, 0.3) is 0 Å². The summed E-state index contributed by atoms with van der Waals surface area (Å²) >= 11 is 5.51. The number of hydrazine groups is 1. The van der Waals surface area contributed by atoms with Crippen molar-refractivity contribution >= 4 is 107 Å². The summed E-state index contributed by atoms with van der Waals surface area (Å²) in [7, 11) is 25.7. The first-order valence-corrected chi connectivity index (χ1v) is 46.6. The van der Waals surface area contributed by atoms with Crippen LogP contribution in [-0.2, 0) is 62.1 Å². The van der Waals surface area contributed by atoms with Crippen LogP contribution in [0.4, 0.5) is 36.2 Å². The largest absolute Gasteiger partial charge is 0.358 e. The number of aromatic nitrogens is 9. The Morgan fingerprint density at radius 1 is 0.441 bits per heavy atom. The number of aromatic amines is 6. The van der Waals surface area contributed by atoms with Crippen LogP contribution in [0.25, 0.3) is 17.1 Å². The van der Waals surface area contributed by atoms with Gasteiger partial charge in [0, 0.05) is 54.0 Å². The van der Waals surface area contributed by atoms with Crippen LogP contribution in [0.3, 0.4) is 0 Å². The van der Waals surface area contributed by atoms with Crippen molar-refractivity contribution in [1.82, 2.24) is 55.0 Å². The van der Waals surface area contributed by atoms with Gasteiger partial charge in [-0.05, 0) is 188 Å². The van der Waals surface area contributed by atoms with E-state index in [4.69, 9.17) is 24.4 Å². The molecule has 0 fully saturated rings. The first kappa shape index (κ1) is 138. The number of ether oxygens (including phenoxy) is 2. The van der Waals surface area contributed by atoms with E-state index in [2.05, 4.69) is 214 Å². The molecule has 7 amide bonds. The first-order chi connectivity index (χ1) is 66.3. The Balaban J connectivity index is -0.000000792. The number of halogens is 3. The minimum atomic E-state index is -1.08. The number of nitrogens with two attached hydrogens (primary N) is 1. The Morgan fingerprint density at radius 2 is 0.703 bits per heavy atom. The number of hydrogen-bond acceptors (Lipinski definition) is 28. The van der Waals surface area contributed by atoms with Gasteiger partial charge in [0.15, 0.2) is 17.3 Å². The van der Waals surface area contributed by atoms with Crippen LogP contribution in [-0.4, -0.2) is 296 Å².